The van der Waals surface area contributed by atoms with Gasteiger partial charge in [0.15, 0.2) is 9.84 Å². The summed E-state index contributed by atoms with van der Waals surface area (Å²) in [6.07, 6.45) is 1.53. The first-order valence-corrected chi connectivity index (χ1v) is 8.03. The molecule has 0 aliphatic carbocycles. The summed E-state index contributed by atoms with van der Waals surface area (Å²) in [6, 6.07) is 6.86. The summed E-state index contributed by atoms with van der Waals surface area (Å²) in [6.45, 7) is 1.91. The Labute approximate surface area is 117 Å². The fourth-order valence-corrected chi connectivity index (χ4v) is 3.48. The molecule has 0 fully saturated rings. The molecule has 1 atom stereocenters. The van der Waals surface area contributed by atoms with Crippen LogP contribution >= 0.6 is 11.6 Å². The van der Waals surface area contributed by atoms with E-state index in [4.69, 9.17) is 11.6 Å². The van der Waals surface area contributed by atoms with E-state index in [0.29, 0.717) is 5.69 Å². The lowest BCUT2D eigenvalue weighted by molar-refractivity contribution is -0.116. The van der Waals surface area contributed by atoms with Crippen LogP contribution in [0.25, 0.3) is 0 Å². The molecule has 0 saturated heterocycles. The van der Waals surface area contributed by atoms with Crippen molar-refractivity contribution in [1.29, 1.82) is 0 Å². The maximum Gasteiger partial charge on any atom is 0.242 e. The van der Waals surface area contributed by atoms with Gasteiger partial charge < -0.3 is 4.90 Å². The highest BCUT2D eigenvalue weighted by molar-refractivity contribution is 7.94. The third kappa shape index (κ3) is 3.16. The van der Waals surface area contributed by atoms with E-state index in [9.17, 15) is 13.2 Å². The van der Waals surface area contributed by atoms with Gasteiger partial charge in [-0.2, -0.15) is 0 Å². The molecule has 19 heavy (non-hydrogen) atoms. The second-order valence-corrected chi connectivity index (χ2v) is 6.66. The van der Waals surface area contributed by atoms with Crippen molar-refractivity contribution in [3.8, 4) is 0 Å². The topological polar surface area (TPSA) is 54.5 Å². The van der Waals surface area contributed by atoms with Crippen LogP contribution in [-0.4, -0.2) is 32.0 Å². The molecule has 0 saturated carbocycles. The van der Waals surface area contributed by atoms with E-state index in [0.717, 1.165) is 11.0 Å². The number of hydrogen-bond acceptors (Lipinski definition) is 3. The molecule has 2 rings (SSSR count). The van der Waals surface area contributed by atoms with Gasteiger partial charge in [-0.1, -0.05) is 12.1 Å². The first-order valence-electron chi connectivity index (χ1n) is 5.78. The molecule has 1 aliphatic heterocycles. The summed E-state index contributed by atoms with van der Waals surface area (Å²) in [5.41, 5.74) is 1.66. The fraction of sp³-hybridized carbons (Fsp3) is 0.308. The zero-order chi connectivity index (χ0) is 14.0. The number of alkyl halides is 1. The number of carbonyl (C=O) groups is 1. The van der Waals surface area contributed by atoms with Gasteiger partial charge in [-0.25, -0.2) is 8.42 Å². The second-order valence-electron chi connectivity index (χ2n) is 4.46. The summed E-state index contributed by atoms with van der Waals surface area (Å²) in [7, 11) is -3.22. The van der Waals surface area contributed by atoms with E-state index >= 15 is 0 Å². The van der Waals surface area contributed by atoms with Crippen LogP contribution in [0, 0.1) is 6.92 Å². The Hall–Kier alpha value is -1.33. The molecule has 0 spiro atoms. The van der Waals surface area contributed by atoms with Crippen LogP contribution in [0.15, 0.2) is 35.7 Å². The van der Waals surface area contributed by atoms with Crippen LogP contribution < -0.4 is 4.90 Å². The molecule has 6 heteroatoms. The predicted molar refractivity (Wildman–Crippen MR) is 76.1 cm³/mol. The highest BCUT2D eigenvalue weighted by Gasteiger charge is 2.30. The van der Waals surface area contributed by atoms with Crippen molar-refractivity contribution in [2.75, 3.05) is 16.5 Å². The van der Waals surface area contributed by atoms with Gasteiger partial charge in [0.2, 0.25) is 5.91 Å². The number of carbonyl (C=O) groups excluding carboxylic acids is 1. The Morgan fingerprint density at radius 3 is 2.74 bits per heavy atom. The van der Waals surface area contributed by atoms with E-state index in [2.05, 4.69) is 0 Å². The average Bonchev–Trinajstić information content (AvgIpc) is 2.69. The number of sulfone groups is 1. The molecule has 0 N–H and O–H groups in total. The monoisotopic (exact) mass is 299 g/mol. The van der Waals surface area contributed by atoms with Gasteiger partial charge in [-0.3, -0.25) is 4.79 Å². The average molecular weight is 300 g/mol. The predicted octanol–water partition coefficient (Wildman–Crippen LogP) is 1.88. The summed E-state index contributed by atoms with van der Waals surface area (Å²) >= 11 is 5.62. The third-order valence-electron chi connectivity index (χ3n) is 2.91. The van der Waals surface area contributed by atoms with E-state index in [-0.39, 0.29) is 17.5 Å². The van der Waals surface area contributed by atoms with E-state index in [1.54, 1.807) is 6.07 Å². The van der Waals surface area contributed by atoms with E-state index in [1.165, 1.54) is 11.0 Å². The zero-order valence-electron chi connectivity index (χ0n) is 10.4. The SMILES string of the molecule is Cc1cccc(N(C(=O)CCl)[C@H]2C=CS(=O)(=O)C2)c1. The van der Waals surface area contributed by atoms with Crippen LogP contribution in [-0.2, 0) is 14.6 Å². The van der Waals surface area contributed by atoms with Gasteiger partial charge in [-0.15, -0.1) is 11.6 Å². The molecule has 0 radical (unpaired) electrons. The van der Waals surface area contributed by atoms with Crippen LogP contribution in [0.1, 0.15) is 5.56 Å². The van der Waals surface area contributed by atoms with Crippen molar-refractivity contribution >= 4 is 33.0 Å². The molecule has 1 aromatic rings. The second kappa shape index (κ2) is 5.35. The van der Waals surface area contributed by atoms with E-state index in [1.807, 2.05) is 25.1 Å². The summed E-state index contributed by atoms with van der Waals surface area (Å²) in [5.74, 6) is -0.582. The first-order chi connectivity index (χ1) is 8.93. The minimum Gasteiger partial charge on any atom is -0.303 e. The zero-order valence-corrected chi connectivity index (χ0v) is 12.0. The lowest BCUT2D eigenvalue weighted by Crippen LogP contribution is -2.42. The van der Waals surface area contributed by atoms with Gasteiger partial charge >= 0.3 is 0 Å². The van der Waals surface area contributed by atoms with Gasteiger partial charge in [-0.05, 0) is 30.7 Å². The summed E-state index contributed by atoms with van der Waals surface area (Å²) in [4.78, 5) is 13.4. The molecule has 0 bridgehead atoms. The molecule has 0 unspecified atom stereocenters. The Balaban J connectivity index is 2.38. The summed E-state index contributed by atoms with van der Waals surface area (Å²) < 4.78 is 23.0. The van der Waals surface area contributed by atoms with Crippen molar-refractivity contribution in [1.82, 2.24) is 0 Å². The molecule has 4 nitrogen and oxygen atoms in total. The van der Waals surface area contributed by atoms with Crippen LogP contribution in [0.3, 0.4) is 0 Å². The quantitative estimate of drug-likeness (QED) is 0.801. The minimum absolute atomic E-state index is 0.0937. The number of benzene rings is 1. The van der Waals surface area contributed by atoms with Crippen LogP contribution in [0.4, 0.5) is 5.69 Å². The molecule has 0 aromatic heterocycles. The number of nitrogens with zero attached hydrogens (tertiary/aromatic N) is 1. The standard InChI is InChI=1S/C13H14ClNO3S/c1-10-3-2-4-11(7-10)15(13(16)8-14)12-5-6-19(17,18)9-12/h2-7,12H,8-9H2,1H3/t12-/m0/s1. The number of rotatable bonds is 3. The molecule has 1 amide bonds. The number of anilines is 1. The van der Waals surface area contributed by atoms with Gasteiger partial charge in [0.1, 0.15) is 5.88 Å². The smallest absolute Gasteiger partial charge is 0.242 e. The largest absolute Gasteiger partial charge is 0.303 e. The lowest BCUT2D eigenvalue weighted by Gasteiger charge is -2.27. The van der Waals surface area contributed by atoms with Crippen molar-refractivity contribution < 1.29 is 13.2 Å². The fourth-order valence-electron chi connectivity index (χ4n) is 2.08. The lowest BCUT2D eigenvalue weighted by atomic mass is 10.1. The molecule has 102 valence electrons. The molecule has 1 heterocycles. The molecule has 1 aromatic carbocycles. The first kappa shape index (κ1) is 14.1. The van der Waals surface area contributed by atoms with Crippen molar-refractivity contribution in [3.05, 3.63) is 41.3 Å². The number of hydrogen-bond donors (Lipinski definition) is 0. The normalized spacial score (nSPS) is 20.4. The number of aryl methyl sites for hydroxylation is 1. The minimum atomic E-state index is -3.22. The van der Waals surface area contributed by atoms with Crippen molar-refractivity contribution in [2.24, 2.45) is 0 Å². The van der Waals surface area contributed by atoms with Gasteiger partial charge in [0.05, 0.1) is 11.8 Å². The Morgan fingerprint density at radius 1 is 1.47 bits per heavy atom. The highest BCUT2D eigenvalue weighted by Crippen LogP contribution is 2.24. The van der Waals surface area contributed by atoms with Crippen LogP contribution in [0.5, 0.6) is 0 Å². The van der Waals surface area contributed by atoms with Gasteiger partial charge in [0.25, 0.3) is 0 Å². The number of amides is 1. The molecule has 1 aliphatic rings. The summed E-state index contributed by atoms with van der Waals surface area (Å²) in [5, 5.41) is 1.15. The third-order valence-corrected chi connectivity index (χ3v) is 4.51. The maximum atomic E-state index is 12.0. The maximum absolute atomic E-state index is 12.0. The van der Waals surface area contributed by atoms with Gasteiger partial charge in [0, 0.05) is 11.1 Å². The van der Waals surface area contributed by atoms with Crippen molar-refractivity contribution in [3.63, 3.8) is 0 Å². The Bertz CT molecular complexity index is 625. The van der Waals surface area contributed by atoms with E-state index < -0.39 is 15.9 Å². The molecular formula is C13H14ClNO3S. The molecular weight excluding hydrogens is 286 g/mol. The Morgan fingerprint density at radius 2 is 2.21 bits per heavy atom. The number of halogens is 1. The Kier molecular flexibility index (Phi) is 3.96. The highest BCUT2D eigenvalue weighted by atomic mass is 35.5. The van der Waals surface area contributed by atoms with Crippen molar-refractivity contribution in [2.45, 2.75) is 13.0 Å². The van der Waals surface area contributed by atoms with Crippen LogP contribution in [0.2, 0.25) is 0 Å².